The van der Waals surface area contributed by atoms with E-state index in [4.69, 9.17) is 4.74 Å². The summed E-state index contributed by atoms with van der Waals surface area (Å²) in [5.41, 5.74) is -0.798. The van der Waals surface area contributed by atoms with Gasteiger partial charge in [0.15, 0.2) is 5.54 Å². The summed E-state index contributed by atoms with van der Waals surface area (Å²) in [4.78, 5) is 16.4. The Hall–Kier alpha value is -1.64. The molecule has 0 spiro atoms. The molecule has 2 rings (SSSR count). The van der Waals surface area contributed by atoms with Crippen molar-refractivity contribution in [1.82, 2.24) is 0 Å². The lowest BCUT2D eigenvalue weighted by Gasteiger charge is -2.20. The third-order valence-corrected chi connectivity index (χ3v) is 2.82. The first kappa shape index (κ1) is 10.9. The van der Waals surface area contributed by atoms with Crippen LogP contribution in [0.15, 0.2) is 29.3 Å². The predicted octanol–water partition coefficient (Wildman–Crippen LogP) is 0.812. The monoisotopic (exact) mass is 217 g/mol. The van der Waals surface area contributed by atoms with Crippen LogP contribution in [0.2, 0.25) is 0 Å². The molecule has 0 aromatic heterocycles. The first-order valence-electron chi connectivity index (χ1n) is 5.48. The molecule has 84 valence electrons. The van der Waals surface area contributed by atoms with Crippen LogP contribution in [0.1, 0.15) is 19.8 Å². The van der Waals surface area contributed by atoms with E-state index in [1.54, 1.807) is 0 Å². The van der Waals surface area contributed by atoms with Crippen LogP contribution in [0, 0.1) is 0 Å². The Morgan fingerprint density at radius 2 is 2.19 bits per heavy atom. The van der Waals surface area contributed by atoms with Gasteiger partial charge in [-0.2, -0.15) is 0 Å². The largest absolute Gasteiger partial charge is 0.467 e. The van der Waals surface area contributed by atoms with Gasteiger partial charge in [-0.05, 0) is 23.8 Å². The van der Waals surface area contributed by atoms with Crippen molar-refractivity contribution >= 4 is 12.0 Å². The molecule has 0 saturated heterocycles. The highest BCUT2D eigenvalue weighted by Crippen LogP contribution is 2.23. The second-order valence-electron chi connectivity index (χ2n) is 3.98. The number of fused-ring (bicyclic) bond motifs is 1. The molecule has 0 N–H and O–H groups in total. The van der Waals surface area contributed by atoms with Crippen LogP contribution in [0.5, 0.6) is 0 Å². The zero-order valence-electron chi connectivity index (χ0n) is 9.56. The minimum atomic E-state index is -0.798. The SMILES string of the molecule is CCCC1(C(=O)OC)C=c2ccccc2=N1. The van der Waals surface area contributed by atoms with Crippen LogP contribution < -0.4 is 10.6 Å². The Morgan fingerprint density at radius 3 is 2.81 bits per heavy atom. The number of para-hydroxylation sites is 1. The van der Waals surface area contributed by atoms with Gasteiger partial charge < -0.3 is 4.74 Å². The van der Waals surface area contributed by atoms with Crippen LogP contribution in [0.4, 0.5) is 0 Å². The van der Waals surface area contributed by atoms with E-state index in [0.717, 1.165) is 17.0 Å². The average Bonchev–Trinajstić information content (AvgIpc) is 2.67. The number of hydrogen-bond donors (Lipinski definition) is 0. The van der Waals surface area contributed by atoms with Crippen molar-refractivity contribution in [1.29, 1.82) is 0 Å². The molecule has 0 aliphatic carbocycles. The maximum Gasteiger partial charge on any atom is 0.337 e. The fraction of sp³-hybridized carbons (Fsp3) is 0.385. The van der Waals surface area contributed by atoms with Gasteiger partial charge >= 0.3 is 5.97 Å². The summed E-state index contributed by atoms with van der Waals surface area (Å²) in [5, 5.41) is 1.89. The summed E-state index contributed by atoms with van der Waals surface area (Å²) in [6.07, 6.45) is 3.50. The zero-order valence-corrected chi connectivity index (χ0v) is 9.56. The lowest BCUT2D eigenvalue weighted by atomic mass is 9.95. The molecule has 1 aliphatic rings. The second kappa shape index (κ2) is 4.08. The average molecular weight is 217 g/mol. The van der Waals surface area contributed by atoms with E-state index in [1.807, 2.05) is 37.3 Å². The molecule has 0 radical (unpaired) electrons. The first-order valence-corrected chi connectivity index (χ1v) is 5.48. The summed E-state index contributed by atoms with van der Waals surface area (Å²) < 4.78 is 4.86. The molecule has 3 nitrogen and oxygen atoms in total. The van der Waals surface area contributed by atoms with Gasteiger partial charge in [0.25, 0.3) is 0 Å². The molecule has 3 heteroatoms. The molecule has 1 heterocycles. The van der Waals surface area contributed by atoms with Crippen molar-refractivity contribution in [3.05, 3.63) is 34.8 Å². The topological polar surface area (TPSA) is 38.7 Å². The fourth-order valence-corrected chi connectivity index (χ4v) is 2.11. The summed E-state index contributed by atoms with van der Waals surface area (Å²) in [6.45, 7) is 2.04. The molecular formula is C13H15NO2. The molecule has 1 unspecified atom stereocenters. The van der Waals surface area contributed by atoms with Crippen LogP contribution in [0.25, 0.3) is 6.08 Å². The quantitative estimate of drug-likeness (QED) is 0.703. The number of rotatable bonds is 3. The van der Waals surface area contributed by atoms with Crippen molar-refractivity contribution in [2.75, 3.05) is 7.11 Å². The van der Waals surface area contributed by atoms with Gasteiger partial charge in [-0.15, -0.1) is 0 Å². The van der Waals surface area contributed by atoms with Crippen molar-refractivity contribution in [3.8, 4) is 0 Å². The minimum Gasteiger partial charge on any atom is -0.467 e. The number of carbonyl (C=O) groups excluding carboxylic acids is 1. The smallest absolute Gasteiger partial charge is 0.337 e. The second-order valence-corrected chi connectivity index (χ2v) is 3.98. The van der Waals surface area contributed by atoms with E-state index < -0.39 is 5.54 Å². The molecular weight excluding hydrogens is 202 g/mol. The van der Waals surface area contributed by atoms with Gasteiger partial charge in [0.2, 0.25) is 0 Å². The summed E-state index contributed by atoms with van der Waals surface area (Å²) in [6, 6.07) is 7.77. The lowest BCUT2D eigenvalue weighted by Crippen LogP contribution is -2.34. The molecule has 16 heavy (non-hydrogen) atoms. The molecule has 0 amide bonds. The molecule has 0 fully saturated rings. The van der Waals surface area contributed by atoms with Gasteiger partial charge in [-0.25, -0.2) is 4.79 Å². The Labute approximate surface area is 94.5 Å². The Morgan fingerprint density at radius 1 is 1.44 bits per heavy atom. The van der Waals surface area contributed by atoms with Gasteiger partial charge in [0.1, 0.15) is 0 Å². The van der Waals surface area contributed by atoms with E-state index in [0.29, 0.717) is 6.42 Å². The molecule has 1 atom stereocenters. The van der Waals surface area contributed by atoms with Gasteiger partial charge in [-0.1, -0.05) is 31.5 Å². The third kappa shape index (κ3) is 1.62. The van der Waals surface area contributed by atoms with Gasteiger partial charge in [-0.3, -0.25) is 4.99 Å². The van der Waals surface area contributed by atoms with E-state index >= 15 is 0 Å². The van der Waals surface area contributed by atoms with Crippen LogP contribution in [0.3, 0.4) is 0 Å². The number of benzene rings is 1. The molecule has 1 aliphatic heterocycles. The fourth-order valence-electron chi connectivity index (χ4n) is 2.11. The van der Waals surface area contributed by atoms with Crippen LogP contribution in [-0.2, 0) is 9.53 Å². The number of esters is 1. The predicted molar refractivity (Wildman–Crippen MR) is 61.3 cm³/mol. The van der Waals surface area contributed by atoms with Crippen LogP contribution in [-0.4, -0.2) is 18.6 Å². The molecule has 0 saturated carbocycles. The number of methoxy groups -OCH3 is 1. The summed E-state index contributed by atoms with van der Waals surface area (Å²) >= 11 is 0. The van der Waals surface area contributed by atoms with Crippen molar-refractivity contribution in [3.63, 3.8) is 0 Å². The highest BCUT2D eigenvalue weighted by atomic mass is 16.5. The van der Waals surface area contributed by atoms with E-state index in [1.165, 1.54) is 7.11 Å². The Balaban J connectivity index is 2.54. The zero-order chi connectivity index (χ0) is 11.6. The molecule has 0 bridgehead atoms. The number of carbonyl (C=O) groups is 1. The van der Waals surface area contributed by atoms with Gasteiger partial charge in [0, 0.05) is 0 Å². The van der Waals surface area contributed by atoms with E-state index in [9.17, 15) is 4.79 Å². The standard InChI is InChI=1S/C13H15NO2/c1-3-8-13(12(15)16-2)9-10-6-4-5-7-11(10)14-13/h4-7,9H,3,8H2,1-2H3. The summed E-state index contributed by atoms with van der Waals surface area (Å²) in [5.74, 6) is -0.273. The third-order valence-electron chi connectivity index (χ3n) is 2.82. The first-order chi connectivity index (χ1) is 7.72. The molecule has 1 aromatic carbocycles. The Kier molecular flexibility index (Phi) is 2.77. The normalized spacial score (nSPS) is 21.9. The molecule has 1 aromatic rings. The van der Waals surface area contributed by atoms with Gasteiger partial charge in [0.05, 0.1) is 12.5 Å². The number of ether oxygens (including phenoxy) is 1. The summed E-state index contributed by atoms with van der Waals surface area (Å²) in [7, 11) is 1.41. The highest BCUT2D eigenvalue weighted by Gasteiger charge is 2.37. The highest BCUT2D eigenvalue weighted by molar-refractivity contribution is 5.89. The number of nitrogens with zero attached hydrogens (tertiary/aromatic N) is 1. The van der Waals surface area contributed by atoms with E-state index in [2.05, 4.69) is 4.99 Å². The maximum atomic E-state index is 11.8. The number of hydrogen-bond acceptors (Lipinski definition) is 3. The van der Waals surface area contributed by atoms with Crippen molar-refractivity contribution in [2.45, 2.75) is 25.3 Å². The minimum absolute atomic E-state index is 0.273. The van der Waals surface area contributed by atoms with Crippen molar-refractivity contribution in [2.24, 2.45) is 4.99 Å². The Bertz CT molecular complexity index is 484. The van der Waals surface area contributed by atoms with E-state index in [-0.39, 0.29) is 5.97 Å². The van der Waals surface area contributed by atoms with Crippen LogP contribution >= 0.6 is 0 Å². The van der Waals surface area contributed by atoms with Crippen molar-refractivity contribution < 1.29 is 9.53 Å². The maximum absolute atomic E-state index is 11.8. The lowest BCUT2D eigenvalue weighted by molar-refractivity contribution is -0.144.